The Labute approximate surface area is 151 Å². The zero-order valence-corrected chi connectivity index (χ0v) is 15.5. The highest BCUT2D eigenvalue weighted by molar-refractivity contribution is 5.68. The van der Waals surface area contributed by atoms with Crippen molar-refractivity contribution in [3.63, 3.8) is 0 Å². The molecule has 3 rings (SSSR count). The minimum atomic E-state index is -0.691. The Kier molecular flexibility index (Phi) is 4.54. The summed E-state index contributed by atoms with van der Waals surface area (Å²) in [7, 11) is 1.18. The number of carbonyl (C=O) groups is 1. The second-order valence-electron chi connectivity index (χ2n) is 7.78. The molecule has 1 aromatic carbocycles. The normalized spacial score (nSPS) is 18.3. The molecule has 26 heavy (non-hydrogen) atoms. The Morgan fingerprint density at radius 3 is 2.54 bits per heavy atom. The smallest absolute Gasteiger partial charge is 0.410 e. The molecule has 1 aromatic rings. The quantitative estimate of drug-likeness (QED) is 0.749. The summed E-state index contributed by atoms with van der Waals surface area (Å²) in [6.07, 6.45) is 1.46. The van der Waals surface area contributed by atoms with Crippen molar-refractivity contribution in [2.24, 2.45) is 0 Å². The number of hydrogen-bond acceptors (Lipinski definition) is 5. The molecule has 8 heteroatoms. The van der Waals surface area contributed by atoms with Crippen molar-refractivity contribution in [2.75, 3.05) is 20.2 Å². The van der Waals surface area contributed by atoms with E-state index < -0.39 is 17.0 Å². The van der Waals surface area contributed by atoms with E-state index in [-0.39, 0.29) is 16.7 Å². The van der Waals surface area contributed by atoms with Gasteiger partial charge in [0.15, 0.2) is 7.11 Å². The SMILES string of the molecule is CO[N+](=O)c1cc2c(cc1F)OC1(CCN(C(=O)OC(C)(C)C)CC1)C2. The van der Waals surface area contributed by atoms with Gasteiger partial charge in [0.2, 0.25) is 5.82 Å². The molecule has 1 amide bonds. The van der Waals surface area contributed by atoms with Crippen LogP contribution in [-0.2, 0) is 16.0 Å². The zero-order valence-electron chi connectivity index (χ0n) is 15.5. The van der Waals surface area contributed by atoms with Crippen LogP contribution in [0.4, 0.5) is 14.9 Å². The molecule has 142 valence electrons. The van der Waals surface area contributed by atoms with Crippen molar-refractivity contribution in [3.05, 3.63) is 28.4 Å². The molecule has 7 nitrogen and oxygen atoms in total. The van der Waals surface area contributed by atoms with Crippen molar-refractivity contribution in [3.8, 4) is 5.75 Å². The van der Waals surface area contributed by atoms with E-state index in [0.29, 0.717) is 38.1 Å². The van der Waals surface area contributed by atoms with Gasteiger partial charge in [0.25, 0.3) is 4.92 Å². The molecule has 2 heterocycles. The van der Waals surface area contributed by atoms with E-state index in [1.807, 2.05) is 20.8 Å². The molecule has 0 aromatic heterocycles. The molecular weight excluding hydrogens is 343 g/mol. The minimum Gasteiger partial charge on any atom is -0.486 e. The summed E-state index contributed by atoms with van der Waals surface area (Å²) in [5, 5.41) is 0. The first-order chi connectivity index (χ1) is 12.1. The topological polar surface area (TPSA) is 68.1 Å². The average molecular weight is 367 g/mol. The molecule has 0 aliphatic carbocycles. The van der Waals surface area contributed by atoms with Crippen LogP contribution in [0.15, 0.2) is 12.1 Å². The zero-order chi connectivity index (χ0) is 19.1. The van der Waals surface area contributed by atoms with E-state index in [0.717, 1.165) is 5.56 Å². The maximum absolute atomic E-state index is 14.1. The van der Waals surface area contributed by atoms with Crippen LogP contribution in [0.5, 0.6) is 5.75 Å². The minimum absolute atomic E-state index is 0.145. The number of halogens is 1. The fraction of sp³-hybridized carbons (Fsp3) is 0.611. The lowest BCUT2D eigenvalue weighted by Crippen LogP contribution is -2.50. The van der Waals surface area contributed by atoms with Crippen molar-refractivity contribution < 1.29 is 28.4 Å². The van der Waals surface area contributed by atoms with Crippen LogP contribution in [0.25, 0.3) is 0 Å². The number of benzene rings is 1. The largest absolute Gasteiger partial charge is 0.486 e. The molecule has 2 aliphatic rings. The maximum Gasteiger partial charge on any atom is 0.410 e. The number of rotatable bonds is 2. The van der Waals surface area contributed by atoms with Gasteiger partial charge in [-0.3, -0.25) is 0 Å². The Hall–Kier alpha value is -2.38. The first kappa shape index (κ1) is 18.4. The third-order valence-corrected chi connectivity index (χ3v) is 4.66. The van der Waals surface area contributed by atoms with Crippen LogP contribution in [0.2, 0.25) is 0 Å². The second-order valence-corrected chi connectivity index (χ2v) is 7.78. The van der Waals surface area contributed by atoms with Gasteiger partial charge in [-0.05, 0) is 20.8 Å². The summed E-state index contributed by atoms with van der Waals surface area (Å²) in [4.78, 5) is 30.1. The van der Waals surface area contributed by atoms with Gasteiger partial charge in [-0.25, -0.2) is 9.63 Å². The van der Waals surface area contributed by atoms with Gasteiger partial charge >= 0.3 is 11.8 Å². The van der Waals surface area contributed by atoms with Gasteiger partial charge in [-0.15, -0.1) is 0 Å². The van der Waals surface area contributed by atoms with E-state index in [1.165, 1.54) is 19.2 Å². The van der Waals surface area contributed by atoms with Gasteiger partial charge in [-0.1, -0.05) is 0 Å². The Bertz CT molecular complexity index is 736. The number of piperidine rings is 1. The lowest BCUT2D eigenvalue weighted by Gasteiger charge is -2.39. The van der Waals surface area contributed by atoms with Crippen molar-refractivity contribution in [2.45, 2.75) is 51.2 Å². The van der Waals surface area contributed by atoms with Gasteiger partial charge in [0, 0.05) is 50.0 Å². The monoisotopic (exact) mass is 367 g/mol. The number of fused-ring (bicyclic) bond motifs is 1. The molecule has 0 saturated carbocycles. The second kappa shape index (κ2) is 6.41. The number of likely N-dealkylation sites (tertiary alicyclic amines) is 1. The molecule has 0 unspecified atom stereocenters. The summed E-state index contributed by atoms with van der Waals surface area (Å²) in [6, 6.07) is 2.69. The summed E-state index contributed by atoms with van der Waals surface area (Å²) >= 11 is 0. The molecule has 2 aliphatic heterocycles. The van der Waals surface area contributed by atoms with Gasteiger partial charge in [0.1, 0.15) is 17.0 Å². The fourth-order valence-corrected chi connectivity index (χ4v) is 3.38. The Balaban J connectivity index is 1.69. The van der Waals surface area contributed by atoms with Crippen LogP contribution < -0.4 is 4.74 Å². The molecule has 1 spiro atoms. The first-order valence-corrected chi connectivity index (χ1v) is 8.63. The molecule has 0 radical (unpaired) electrons. The van der Waals surface area contributed by atoms with E-state index >= 15 is 0 Å². The van der Waals surface area contributed by atoms with E-state index in [4.69, 9.17) is 9.47 Å². The lowest BCUT2D eigenvalue weighted by atomic mass is 9.87. The summed E-state index contributed by atoms with van der Waals surface area (Å²) in [5.74, 6) is -0.245. The summed E-state index contributed by atoms with van der Waals surface area (Å²) in [6.45, 7) is 6.50. The average Bonchev–Trinajstić information content (AvgIpc) is 2.88. The van der Waals surface area contributed by atoms with Crippen LogP contribution in [0.1, 0.15) is 39.2 Å². The first-order valence-electron chi connectivity index (χ1n) is 8.63. The van der Waals surface area contributed by atoms with Crippen LogP contribution in [0, 0.1) is 10.7 Å². The molecule has 1 fully saturated rings. The molecule has 1 saturated heterocycles. The molecule has 0 bridgehead atoms. The van der Waals surface area contributed by atoms with Gasteiger partial charge in [0.05, 0.1) is 4.91 Å². The lowest BCUT2D eigenvalue weighted by molar-refractivity contribution is -0.737. The molecular formula is C18H24FN2O5+. The van der Waals surface area contributed by atoms with E-state index in [9.17, 15) is 14.1 Å². The number of ether oxygens (including phenoxy) is 2. The highest BCUT2D eigenvalue weighted by Crippen LogP contribution is 2.43. The molecule has 0 atom stereocenters. The third kappa shape index (κ3) is 3.59. The van der Waals surface area contributed by atoms with Crippen molar-refractivity contribution in [1.29, 1.82) is 0 Å². The van der Waals surface area contributed by atoms with Crippen LogP contribution in [-0.4, -0.2) is 47.3 Å². The standard InChI is InChI=1S/C18H24FN2O5/c1-17(2,3)26-16(22)20-7-5-18(6-8-20)11-12-9-14(21(23)24-4)13(19)10-15(12)25-18/h9-10H,5-8,11H2,1-4H3/q+1. The highest BCUT2D eigenvalue weighted by Gasteiger charge is 2.44. The fourth-order valence-electron chi connectivity index (χ4n) is 3.38. The summed E-state index contributed by atoms with van der Waals surface area (Å²) < 4.78 is 25.5. The predicted octanol–water partition coefficient (Wildman–Crippen LogP) is 3.50. The summed E-state index contributed by atoms with van der Waals surface area (Å²) in [5.41, 5.74) is -0.415. The van der Waals surface area contributed by atoms with E-state index in [1.54, 1.807) is 4.90 Å². The highest BCUT2D eigenvalue weighted by atomic mass is 19.1. The van der Waals surface area contributed by atoms with Crippen LogP contribution >= 0.6 is 0 Å². The Morgan fingerprint density at radius 1 is 1.31 bits per heavy atom. The number of nitrogens with zero attached hydrogens (tertiary/aromatic N) is 2. The number of amides is 1. The molecule has 0 N–H and O–H groups in total. The predicted molar refractivity (Wildman–Crippen MR) is 90.8 cm³/mol. The van der Waals surface area contributed by atoms with Crippen LogP contribution in [0.3, 0.4) is 0 Å². The third-order valence-electron chi connectivity index (χ3n) is 4.66. The van der Waals surface area contributed by atoms with E-state index in [2.05, 4.69) is 4.84 Å². The Morgan fingerprint density at radius 2 is 1.96 bits per heavy atom. The van der Waals surface area contributed by atoms with Gasteiger partial charge < -0.3 is 14.4 Å². The number of hydrogen-bond donors (Lipinski definition) is 0. The number of carbonyl (C=O) groups excluding carboxylic acids is 1. The van der Waals surface area contributed by atoms with Gasteiger partial charge in [-0.2, -0.15) is 4.39 Å². The van der Waals surface area contributed by atoms with Crippen molar-refractivity contribution in [1.82, 2.24) is 4.90 Å². The maximum atomic E-state index is 14.1. The van der Waals surface area contributed by atoms with Crippen molar-refractivity contribution >= 4 is 11.8 Å².